The molecule has 0 radical (unpaired) electrons. The van der Waals surface area contributed by atoms with Crippen LogP contribution in [0, 0.1) is 6.92 Å². The Morgan fingerprint density at radius 3 is 2.38 bits per heavy atom. The van der Waals surface area contributed by atoms with Gasteiger partial charge < -0.3 is 10.1 Å². The number of hydrogen-bond acceptors (Lipinski definition) is 4. The van der Waals surface area contributed by atoms with Gasteiger partial charge in [-0.25, -0.2) is 8.42 Å². The molecule has 6 nitrogen and oxygen atoms in total. The van der Waals surface area contributed by atoms with Gasteiger partial charge in [0.15, 0.2) is 0 Å². The van der Waals surface area contributed by atoms with Crippen molar-refractivity contribution in [3.05, 3.63) is 53.6 Å². The van der Waals surface area contributed by atoms with Crippen LogP contribution in [0.3, 0.4) is 0 Å². The van der Waals surface area contributed by atoms with Gasteiger partial charge in [-0.15, -0.1) is 0 Å². The monoisotopic (exact) mass is 430 g/mol. The number of rotatable bonds is 6. The van der Waals surface area contributed by atoms with Crippen molar-refractivity contribution in [2.24, 2.45) is 0 Å². The van der Waals surface area contributed by atoms with Crippen molar-refractivity contribution in [3.63, 3.8) is 0 Å². The molecule has 1 N–H and O–H groups in total. The van der Waals surface area contributed by atoms with E-state index in [0.717, 1.165) is 24.0 Å². The Hall–Kier alpha value is -2.75. The summed E-state index contributed by atoms with van der Waals surface area (Å²) in [6.07, 6.45) is -3.83. The predicted octanol–water partition coefficient (Wildman–Crippen LogP) is 3.82. The molecule has 29 heavy (non-hydrogen) atoms. The molecule has 0 bridgehead atoms. The summed E-state index contributed by atoms with van der Waals surface area (Å²) in [5.41, 5.74) is -0.133. The highest BCUT2D eigenvalue weighted by Crippen LogP contribution is 2.33. The minimum absolute atomic E-state index is 0.263. The van der Waals surface area contributed by atoms with Crippen molar-refractivity contribution in [2.45, 2.75) is 26.1 Å². The summed E-state index contributed by atoms with van der Waals surface area (Å²) >= 11 is 0. The molecule has 10 heteroatoms. The number of halogens is 3. The van der Waals surface area contributed by atoms with Crippen molar-refractivity contribution >= 4 is 27.3 Å². The summed E-state index contributed by atoms with van der Waals surface area (Å²) in [6.45, 7) is 3.09. The van der Waals surface area contributed by atoms with E-state index in [1.165, 1.54) is 20.1 Å². The van der Waals surface area contributed by atoms with Crippen LogP contribution in [0.15, 0.2) is 42.5 Å². The van der Waals surface area contributed by atoms with Crippen LogP contribution >= 0.6 is 0 Å². The smallest absolute Gasteiger partial charge is 0.416 e. The number of hydrogen-bond donors (Lipinski definition) is 1. The summed E-state index contributed by atoms with van der Waals surface area (Å²) < 4.78 is 69.5. The second-order valence-electron chi connectivity index (χ2n) is 6.48. The zero-order valence-corrected chi connectivity index (χ0v) is 17.1. The van der Waals surface area contributed by atoms with Gasteiger partial charge in [0.2, 0.25) is 15.9 Å². The SMILES string of the molecule is COc1ccc(C)cc1NC(=O)[C@H](C)N(c1cccc(C(F)(F)F)c1)S(C)(=O)=O. The van der Waals surface area contributed by atoms with Crippen LogP contribution in [0.5, 0.6) is 5.75 Å². The Morgan fingerprint density at radius 1 is 1.17 bits per heavy atom. The number of ether oxygens (including phenoxy) is 1. The molecule has 1 amide bonds. The molecule has 0 aliphatic rings. The first-order chi connectivity index (χ1) is 13.3. The maximum atomic E-state index is 13.0. The van der Waals surface area contributed by atoms with E-state index in [4.69, 9.17) is 4.74 Å². The number of carbonyl (C=O) groups excluding carboxylic acids is 1. The third kappa shape index (κ3) is 5.41. The number of carbonyl (C=O) groups is 1. The van der Waals surface area contributed by atoms with Crippen LogP contribution in [-0.4, -0.2) is 33.7 Å². The van der Waals surface area contributed by atoms with Gasteiger partial charge in [-0.1, -0.05) is 12.1 Å². The van der Waals surface area contributed by atoms with Gasteiger partial charge in [-0.2, -0.15) is 13.2 Å². The van der Waals surface area contributed by atoms with Gasteiger partial charge in [0.25, 0.3) is 0 Å². The van der Waals surface area contributed by atoms with E-state index in [-0.39, 0.29) is 5.69 Å². The van der Waals surface area contributed by atoms with Crippen LogP contribution in [0.25, 0.3) is 0 Å². The zero-order chi connectivity index (χ0) is 22.0. The fourth-order valence-electron chi connectivity index (χ4n) is 2.78. The number of amides is 1. The highest BCUT2D eigenvalue weighted by molar-refractivity contribution is 7.92. The Bertz CT molecular complexity index is 1010. The van der Waals surface area contributed by atoms with E-state index in [9.17, 15) is 26.4 Å². The van der Waals surface area contributed by atoms with Crippen molar-refractivity contribution in [1.82, 2.24) is 0 Å². The molecular formula is C19H21F3N2O4S. The highest BCUT2D eigenvalue weighted by atomic mass is 32.2. The number of anilines is 2. The van der Waals surface area contributed by atoms with Gasteiger partial charge in [-0.3, -0.25) is 9.10 Å². The van der Waals surface area contributed by atoms with Crippen molar-refractivity contribution in [3.8, 4) is 5.75 Å². The molecule has 0 fully saturated rings. The summed E-state index contributed by atoms with van der Waals surface area (Å²) in [7, 11) is -2.65. The number of alkyl halides is 3. The fraction of sp³-hybridized carbons (Fsp3) is 0.316. The summed E-state index contributed by atoms with van der Waals surface area (Å²) in [5.74, 6) is -0.363. The van der Waals surface area contributed by atoms with Gasteiger partial charge in [-0.05, 0) is 49.7 Å². The third-order valence-electron chi connectivity index (χ3n) is 4.13. The van der Waals surface area contributed by atoms with Crippen molar-refractivity contribution in [2.75, 3.05) is 23.0 Å². The number of sulfonamides is 1. The first-order valence-electron chi connectivity index (χ1n) is 8.46. The average Bonchev–Trinajstić information content (AvgIpc) is 2.60. The molecule has 2 aromatic rings. The number of methoxy groups -OCH3 is 1. The second kappa shape index (κ2) is 8.32. The number of nitrogens with zero attached hydrogens (tertiary/aromatic N) is 1. The molecular weight excluding hydrogens is 409 g/mol. The normalized spacial score (nSPS) is 12.9. The van der Waals surface area contributed by atoms with Crippen LogP contribution in [0.2, 0.25) is 0 Å². The molecule has 158 valence electrons. The average molecular weight is 430 g/mol. The summed E-state index contributed by atoms with van der Waals surface area (Å²) in [6, 6.07) is 7.53. The molecule has 0 unspecified atom stereocenters. The molecule has 0 heterocycles. The third-order valence-corrected chi connectivity index (χ3v) is 5.37. The Labute approximate surface area is 167 Å². The summed E-state index contributed by atoms with van der Waals surface area (Å²) in [4.78, 5) is 12.7. The van der Waals surface area contributed by atoms with Crippen LogP contribution < -0.4 is 14.4 Å². The second-order valence-corrected chi connectivity index (χ2v) is 8.34. The maximum Gasteiger partial charge on any atom is 0.416 e. The van der Waals surface area contributed by atoms with E-state index in [1.54, 1.807) is 25.1 Å². The van der Waals surface area contributed by atoms with Crippen molar-refractivity contribution < 1.29 is 31.1 Å². The fourth-order valence-corrected chi connectivity index (χ4v) is 3.95. The van der Waals surface area contributed by atoms with Gasteiger partial charge in [0.1, 0.15) is 11.8 Å². The predicted molar refractivity (Wildman–Crippen MR) is 105 cm³/mol. The number of nitrogens with one attached hydrogen (secondary N) is 1. The molecule has 2 rings (SSSR count). The largest absolute Gasteiger partial charge is 0.495 e. The first-order valence-corrected chi connectivity index (χ1v) is 10.3. The molecule has 0 aliphatic heterocycles. The standard InChI is InChI=1S/C19H21F3N2O4S/c1-12-8-9-17(28-3)16(10-12)23-18(25)13(2)24(29(4,26)27)15-7-5-6-14(11-15)19(20,21)22/h5-11,13H,1-4H3,(H,23,25)/t13-/m0/s1. The lowest BCUT2D eigenvalue weighted by atomic mass is 10.1. The molecule has 0 aliphatic carbocycles. The molecule has 0 saturated heterocycles. The van der Waals surface area contributed by atoms with Gasteiger partial charge in [0.05, 0.1) is 30.3 Å². The Morgan fingerprint density at radius 2 is 1.83 bits per heavy atom. The van der Waals surface area contributed by atoms with Gasteiger partial charge >= 0.3 is 6.18 Å². The van der Waals surface area contributed by atoms with Gasteiger partial charge in [0, 0.05) is 0 Å². The van der Waals surface area contributed by atoms with E-state index < -0.39 is 33.7 Å². The quantitative estimate of drug-likeness (QED) is 0.756. The van der Waals surface area contributed by atoms with E-state index >= 15 is 0 Å². The van der Waals surface area contributed by atoms with E-state index in [0.29, 0.717) is 21.8 Å². The lowest BCUT2D eigenvalue weighted by molar-refractivity contribution is -0.137. The minimum atomic E-state index is -4.65. The summed E-state index contributed by atoms with van der Waals surface area (Å²) in [5, 5.41) is 2.58. The molecule has 0 spiro atoms. The van der Waals surface area contributed by atoms with Crippen LogP contribution in [-0.2, 0) is 21.0 Å². The lowest BCUT2D eigenvalue weighted by Gasteiger charge is -2.29. The molecule has 0 saturated carbocycles. The Kier molecular flexibility index (Phi) is 6.46. The lowest BCUT2D eigenvalue weighted by Crippen LogP contribution is -2.45. The van der Waals surface area contributed by atoms with Crippen LogP contribution in [0.1, 0.15) is 18.1 Å². The van der Waals surface area contributed by atoms with E-state index in [1.807, 2.05) is 0 Å². The molecule has 1 atom stereocenters. The van der Waals surface area contributed by atoms with Crippen molar-refractivity contribution in [1.29, 1.82) is 0 Å². The van der Waals surface area contributed by atoms with E-state index in [2.05, 4.69) is 5.32 Å². The van der Waals surface area contributed by atoms with Crippen LogP contribution in [0.4, 0.5) is 24.5 Å². The molecule has 0 aromatic heterocycles. The maximum absolute atomic E-state index is 13.0. The number of aryl methyl sites for hydroxylation is 1. The Balaban J connectivity index is 2.42. The molecule has 2 aromatic carbocycles. The highest BCUT2D eigenvalue weighted by Gasteiger charge is 2.34. The topological polar surface area (TPSA) is 75.7 Å². The number of benzene rings is 2. The zero-order valence-electron chi connectivity index (χ0n) is 16.2. The first kappa shape index (κ1) is 22.5. The minimum Gasteiger partial charge on any atom is -0.495 e.